The third kappa shape index (κ3) is 4.45. The first-order valence-electron chi connectivity index (χ1n) is 5.08. The zero-order valence-corrected chi connectivity index (χ0v) is 9.14. The highest BCUT2D eigenvalue weighted by Gasteiger charge is 2.00. The Morgan fingerprint density at radius 2 is 2.00 bits per heavy atom. The molecule has 2 heteroatoms. The molecule has 0 heterocycles. The standard InChI is InChI=1S/C13H16O2/c1-11(2)13(14)9-6-10-15-12-7-4-3-5-8-12/h3-9,11H,10H2,1-2H3/b9-6+. The van der Waals surface area contributed by atoms with Crippen molar-refractivity contribution in [1.29, 1.82) is 0 Å². The van der Waals surface area contributed by atoms with Crippen molar-refractivity contribution in [2.45, 2.75) is 13.8 Å². The van der Waals surface area contributed by atoms with Crippen LogP contribution < -0.4 is 4.74 Å². The van der Waals surface area contributed by atoms with E-state index in [1.165, 1.54) is 0 Å². The number of hydrogen-bond donors (Lipinski definition) is 0. The highest BCUT2D eigenvalue weighted by molar-refractivity contribution is 5.91. The molecular weight excluding hydrogens is 188 g/mol. The summed E-state index contributed by atoms with van der Waals surface area (Å²) in [5, 5.41) is 0. The lowest BCUT2D eigenvalue weighted by molar-refractivity contribution is -0.117. The highest BCUT2D eigenvalue weighted by atomic mass is 16.5. The molecule has 0 aliphatic rings. The molecule has 2 nitrogen and oxygen atoms in total. The van der Waals surface area contributed by atoms with Gasteiger partial charge in [-0.15, -0.1) is 0 Å². The maximum Gasteiger partial charge on any atom is 0.158 e. The molecule has 1 aromatic rings. The van der Waals surface area contributed by atoms with Crippen molar-refractivity contribution in [1.82, 2.24) is 0 Å². The highest BCUT2D eigenvalue weighted by Crippen LogP contribution is 2.07. The van der Waals surface area contributed by atoms with E-state index in [1.54, 1.807) is 12.2 Å². The Kier molecular flexibility index (Phi) is 4.61. The number of hydrogen-bond acceptors (Lipinski definition) is 2. The van der Waals surface area contributed by atoms with Crippen LogP contribution in [-0.2, 0) is 4.79 Å². The van der Waals surface area contributed by atoms with Crippen molar-refractivity contribution in [3.05, 3.63) is 42.5 Å². The summed E-state index contributed by atoms with van der Waals surface area (Å²) >= 11 is 0. The topological polar surface area (TPSA) is 26.3 Å². The number of rotatable bonds is 5. The first-order chi connectivity index (χ1) is 7.20. The van der Waals surface area contributed by atoms with Crippen LogP contribution in [0.5, 0.6) is 5.75 Å². The van der Waals surface area contributed by atoms with Gasteiger partial charge in [-0.3, -0.25) is 4.79 Å². The van der Waals surface area contributed by atoms with E-state index in [0.29, 0.717) is 6.61 Å². The van der Waals surface area contributed by atoms with E-state index in [9.17, 15) is 4.79 Å². The fourth-order valence-electron chi connectivity index (χ4n) is 1.02. The molecule has 0 N–H and O–H groups in total. The summed E-state index contributed by atoms with van der Waals surface area (Å²) in [4.78, 5) is 11.2. The first kappa shape index (κ1) is 11.5. The summed E-state index contributed by atoms with van der Waals surface area (Å²) < 4.78 is 5.40. The van der Waals surface area contributed by atoms with Crippen LogP contribution in [0.3, 0.4) is 0 Å². The molecular formula is C13H16O2. The molecule has 1 rings (SSSR count). The van der Waals surface area contributed by atoms with Gasteiger partial charge in [0.1, 0.15) is 12.4 Å². The molecule has 0 atom stereocenters. The van der Waals surface area contributed by atoms with E-state index in [-0.39, 0.29) is 11.7 Å². The van der Waals surface area contributed by atoms with Gasteiger partial charge in [0.05, 0.1) is 0 Å². The van der Waals surface area contributed by atoms with E-state index < -0.39 is 0 Å². The average Bonchev–Trinajstić information content (AvgIpc) is 2.25. The van der Waals surface area contributed by atoms with E-state index in [4.69, 9.17) is 4.74 Å². The van der Waals surface area contributed by atoms with Crippen molar-refractivity contribution < 1.29 is 9.53 Å². The lowest BCUT2D eigenvalue weighted by atomic mass is 10.1. The SMILES string of the molecule is CC(C)C(=O)/C=C/COc1ccccc1. The number of carbonyl (C=O) groups excluding carboxylic acids is 1. The third-order valence-electron chi connectivity index (χ3n) is 1.94. The Morgan fingerprint density at radius 3 is 2.60 bits per heavy atom. The maximum atomic E-state index is 11.2. The lowest BCUT2D eigenvalue weighted by Crippen LogP contribution is -2.03. The summed E-state index contributed by atoms with van der Waals surface area (Å²) in [7, 11) is 0. The van der Waals surface area contributed by atoms with Gasteiger partial charge < -0.3 is 4.74 Å². The van der Waals surface area contributed by atoms with Crippen LogP contribution in [0.1, 0.15) is 13.8 Å². The molecule has 1 aromatic carbocycles. The van der Waals surface area contributed by atoms with Crippen LogP contribution in [0.4, 0.5) is 0 Å². The largest absolute Gasteiger partial charge is 0.490 e. The second-order valence-electron chi connectivity index (χ2n) is 3.58. The number of allylic oxidation sites excluding steroid dienone is 1. The van der Waals surface area contributed by atoms with E-state index in [2.05, 4.69) is 0 Å². The van der Waals surface area contributed by atoms with Gasteiger partial charge in [0.15, 0.2) is 5.78 Å². The molecule has 0 saturated heterocycles. The third-order valence-corrected chi connectivity index (χ3v) is 1.94. The molecule has 0 fully saturated rings. The normalized spacial score (nSPS) is 10.9. The Hall–Kier alpha value is -1.57. The molecule has 15 heavy (non-hydrogen) atoms. The van der Waals surface area contributed by atoms with Gasteiger partial charge in [-0.1, -0.05) is 32.0 Å². The lowest BCUT2D eigenvalue weighted by Gasteiger charge is -2.01. The zero-order chi connectivity index (χ0) is 11.1. The van der Waals surface area contributed by atoms with Gasteiger partial charge >= 0.3 is 0 Å². The average molecular weight is 204 g/mol. The maximum absolute atomic E-state index is 11.2. The van der Waals surface area contributed by atoms with Crippen molar-refractivity contribution in [3.63, 3.8) is 0 Å². The number of carbonyl (C=O) groups is 1. The molecule has 0 saturated carbocycles. The predicted octanol–water partition coefficient (Wildman–Crippen LogP) is 2.85. The molecule has 0 unspecified atom stereocenters. The number of para-hydroxylation sites is 1. The van der Waals surface area contributed by atoms with Crippen molar-refractivity contribution >= 4 is 5.78 Å². The number of benzene rings is 1. The summed E-state index contributed by atoms with van der Waals surface area (Å²) in [6.45, 7) is 4.19. The zero-order valence-electron chi connectivity index (χ0n) is 9.14. The summed E-state index contributed by atoms with van der Waals surface area (Å²) in [6.07, 6.45) is 3.32. The van der Waals surface area contributed by atoms with Crippen molar-refractivity contribution in [2.24, 2.45) is 5.92 Å². The fourth-order valence-corrected chi connectivity index (χ4v) is 1.02. The predicted molar refractivity (Wildman–Crippen MR) is 60.9 cm³/mol. The molecule has 0 amide bonds. The Bertz CT molecular complexity index is 326. The van der Waals surface area contributed by atoms with Crippen LogP contribution >= 0.6 is 0 Å². The van der Waals surface area contributed by atoms with Gasteiger partial charge in [-0.05, 0) is 24.3 Å². The van der Waals surface area contributed by atoms with Crippen LogP contribution in [0.25, 0.3) is 0 Å². The first-order valence-corrected chi connectivity index (χ1v) is 5.08. The molecule has 0 spiro atoms. The summed E-state index contributed by atoms with van der Waals surface area (Å²) in [5.74, 6) is 1.00. The van der Waals surface area contributed by atoms with Crippen LogP contribution in [0, 0.1) is 5.92 Å². The molecule has 0 aliphatic heterocycles. The van der Waals surface area contributed by atoms with Crippen LogP contribution in [0.2, 0.25) is 0 Å². The fraction of sp³-hybridized carbons (Fsp3) is 0.308. The van der Waals surface area contributed by atoms with Crippen LogP contribution in [0.15, 0.2) is 42.5 Å². The smallest absolute Gasteiger partial charge is 0.158 e. The van der Waals surface area contributed by atoms with E-state index in [1.807, 2.05) is 44.2 Å². The van der Waals surface area contributed by atoms with Gasteiger partial charge in [0.25, 0.3) is 0 Å². The van der Waals surface area contributed by atoms with Crippen molar-refractivity contribution in [2.75, 3.05) is 6.61 Å². The summed E-state index contributed by atoms with van der Waals surface area (Å²) in [5.41, 5.74) is 0. The molecule has 0 bridgehead atoms. The number of ether oxygens (including phenoxy) is 1. The minimum Gasteiger partial charge on any atom is -0.490 e. The van der Waals surface area contributed by atoms with E-state index in [0.717, 1.165) is 5.75 Å². The summed E-state index contributed by atoms with van der Waals surface area (Å²) in [6, 6.07) is 9.54. The van der Waals surface area contributed by atoms with E-state index >= 15 is 0 Å². The minimum absolute atomic E-state index is 0.0537. The quantitative estimate of drug-likeness (QED) is 0.689. The Balaban J connectivity index is 2.31. The monoisotopic (exact) mass is 204 g/mol. The van der Waals surface area contributed by atoms with Gasteiger partial charge in [-0.2, -0.15) is 0 Å². The molecule has 0 aromatic heterocycles. The van der Waals surface area contributed by atoms with Crippen molar-refractivity contribution in [3.8, 4) is 5.75 Å². The minimum atomic E-state index is 0.0537. The number of ketones is 1. The van der Waals surface area contributed by atoms with Gasteiger partial charge in [0, 0.05) is 5.92 Å². The Labute approximate surface area is 90.6 Å². The molecule has 0 radical (unpaired) electrons. The second kappa shape index (κ2) is 6.02. The molecule has 80 valence electrons. The Morgan fingerprint density at radius 1 is 1.33 bits per heavy atom. The van der Waals surface area contributed by atoms with Gasteiger partial charge in [0.2, 0.25) is 0 Å². The molecule has 0 aliphatic carbocycles. The van der Waals surface area contributed by atoms with Crippen LogP contribution in [-0.4, -0.2) is 12.4 Å². The van der Waals surface area contributed by atoms with Gasteiger partial charge in [-0.25, -0.2) is 0 Å². The second-order valence-corrected chi connectivity index (χ2v) is 3.58.